The van der Waals surface area contributed by atoms with Gasteiger partial charge in [-0.1, -0.05) is 30.3 Å². The summed E-state index contributed by atoms with van der Waals surface area (Å²) in [5.41, 5.74) is 2.53. The molecule has 0 aromatic heterocycles. The molecule has 0 atom stereocenters. The quantitative estimate of drug-likeness (QED) is 0.631. The second kappa shape index (κ2) is 6.02. The van der Waals surface area contributed by atoms with E-state index < -0.39 is 5.97 Å². The van der Waals surface area contributed by atoms with Crippen LogP contribution >= 0.6 is 0 Å². The van der Waals surface area contributed by atoms with Crippen molar-refractivity contribution in [2.45, 2.75) is 19.8 Å². The molecule has 0 bridgehead atoms. The molecule has 2 aromatic carbocycles. The number of ether oxygens (including phenoxy) is 1. The summed E-state index contributed by atoms with van der Waals surface area (Å²) >= 11 is 0. The van der Waals surface area contributed by atoms with Crippen molar-refractivity contribution in [2.24, 2.45) is 0 Å². The highest BCUT2D eigenvalue weighted by Gasteiger charge is 2.25. The summed E-state index contributed by atoms with van der Waals surface area (Å²) in [4.78, 5) is 25.9. The van der Waals surface area contributed by atoms with Crippen LogP contribution in [0, 0.1) is 0 Å². The van der Waals surface area contributed by atoms with E-state index in [1.54, 1.807) is 29.2 Å². The Kier molecular flexibility index (Phi) is 3.92. The highest BCUT2D eigenvalue weighted by Crippen LogP contribution is 2.30. The Bertz CT molecular complexity index is 724. The zero-order valence-electron chi connectivity index (χ0n) is 12.4. The molecular formula is C18H17NO3. The Morgan fingerprint density at radius 3 is 2.59 bits per heavy atom. The largest absolute Gasteiger partial charge is 0.426 e. The lowest BCUT2D eigenvalue weighted by atomic mass is 10.0. The van der Waals surface area contributed by atoms with Gasteiger partial charge in [0.15, 0.2) is 0 Å². The third kappa shape index (κ3) is 2.72. The molecule has 0 unspecified atom stereocenters. The van der Waals surface area contributed by atoms with Crippen molar-refractivity contribution in [3.05, 3.63) is 59.7 Å². The number of aryl methyl sites for hydroxylation is 1. The van der Waals surface area contributed by atoms with Crippen molar-refractivity contribution in [1.82, 2.24) is 0 Å². The zero-order chi connectivity index (χ0) is 15.5. The fourth-order valence-electron chi connectivity index (χ4n) is 2.78. The smallest absolute Gasteiger partial charge is 0.308 e. The molecule has 1 heterocycles. The van der Waals surface area contributed by atoms with Gasteiger partial charge in [0.05, 0.1) is 5.56 Å². The Hall–Kier alpha value is -2.62. The third-order valence-corrected chi connectivity index (χ3v) is 3.73. The first-order valence-electron chi connectivity index (χ1n) is 7.34. The van der Waals surface area contributed by atoms with Crippen LogP contribution in [0.4, 0.5) is 5.69 Å². The van der Waals surface area contributed by atoms with Crippen LogP contribution in [-0.4, -0.2) is 18.4 Å². The van der Waals surface area contributed by atoms with E-state index in [0.717, 1.165) is 18.5 Å². The molecule has 1 aliphatic heterocycles. The maximum Gasteiger partial charge on any atom is 0.308 e. The molecule has 0 aliphatic carbocycles. The number of carbonyl (C=O) groups excluding carboxylic acids is 2. The number of para-hydroxylation sites is 2. The Morgan fingerprint density at radius 1 is 1.05 bits per heavy atom. The SMILES string of the molecule is CC(=O)Oc1ccccc1C(=O)N1CCCc2ccccc21. The number of hydrogen-bond acceptors (Lipinski definition) is 3. The summed E-state index contributed by atoms with van der Waals surface area (Å²) in [6.45, 7) is 2.00. The van der Waals surface area contributed by atoms with Gasteiger partial charge in [0.25, 0.3) is 5.91 Å². The molecule has 112 valence electrons. The van der Waals surface area contributed by atoms with E-state index in [1.165, 1.54) is 12.5 Å². The molecule has 4 heteroatoms. The summed E-state index contributed by atoms with van der Waals surface area (Å²) in [6, 6.07) is 14.8. The van der Waals surface area contributed by atoms with Gasteiger partial charge in [0, 0.05) is 19.2 Å². The van der Waals surface area contributed by atoms with Gasteiger partial charge in [-0.2, -0.15) is 0 Å². The number of anilines is 1. The van der Waals surface area contributed by atoms with Crippen molar-refractivity contribution in [2.75, 3.05) is 11.4 Å². The van der Waals surface area contributed by atoms with Crippen molar-refractivity contribution in [3.63, 3.8) is 0 Å². The molecule has 4 nitrogen and oxygen atoms in total. The van der Waals surface area contributed by atoms with Crippen LogP contribution in [0.1, 0.15) is 29.3 Å². The van der Waals surface area contributed by atoms with Gasteiger partial charge in [-0.25, -0.2) is 0 Å². The highest BCUT2D eigenvalue weighted by atomic mass is 16.5. The molecule has 0 fully saturated rings. The lowest BCUT2D eigenvalue weighted by Crippen LogP contribution is -2.35. The molecular weight excluding hydrogens is 278 g/mol. The molecule has 0 radical (unpaired) electrons. The van der Waals surface area contributed by atoms with Crippen LogP contribution < -0.4 is 9.64 Å². The molecule has 0 saturated carbocycles. The average molecular weight is 295 g/mol. The molecule has 1 aliphatic rings. The Morgan fingerprint density at radius 2 is 1.77 bits per heavy atom. The second-order valence-electron chi connectivity index (χ2n) is 5.28. The number of carbonyl (C=O) groups is 2. The van der Waals surface area contributed by atoms with Crippen molar-refractivity contribution < 1.29 is 14.3 Å². The Balaban J connectivity index is 1.97. The first-order chi connectivity index (χ1) is 10.7. The highest BCUT2D eigenvalue weighted by molar-refractivity contribution is 6.08. The van der Waals surface area contributed by atoms with Crippen LogP contribution in [0.15, 0.2) is 48.5 Å². The van der Waals surface area contributed by atoms with Crippen LogP contribution in [-0.2, 0) is 11.2 Å². The van der Waals surface area contributed by atoms with E-state index in [1.807, 2.05) is 24.3 Å². The van der Waals surface area contributed by atoms with Gasteiger partial charge in [-0.3, -0.25) is 9.59 Å². The Labute approximate surface area is 129 Å². The van der Waals surface area contributed by atoms with Gasteiger partial charge in [0.1, 0.15) is 5.75 Å². The van der Waals surface area contributed by atoms with Crippen molar-refractivity contribution in [3.8, 4) is 5.75 Å². The predicted molar refractivity (Wildman–Crippen MR) is 84.2 cm³/mol. The summed E-state index contributed by atoms with van der Waals surface area (Å²) in [5.74, 6) is -0.258. The summed E-state index contributed by atoms with van der Waals surface area (Å²) in [6.07, 6.45) is 1.91. The fourth-order valence-corrected chi connectivity index (χ4v) is 2.78. The normalized spacial score (nSPS) is 13.4. The first-order valence-corrected chi connectivity index (χ1v) is 7.34. The maximum absolute atomic E-state index is 12.9. The molecule has 22 heavy (non-hydrogen) atoms. The van der Waals surface area contributed by atoms with Gasteiger partial charge in [0.2, 0.25) is 0 Å². The van der Waals surface area contributed by atoms with Crippen LogP contribution in [0.25, 0.3) is 0 Å². The number of hydrogen-bond donors (Lipinski definition) is 0. The van der Waals surface area contributed by atoms with Crippen molar-refractivity contribution in [1.29, 1.82) is 0 Å². The molecule has 3 rings (SSSR count). The van der Waals surface area contributed by atoms with Gasteiger partial charge in [-0.15, -0.1) is 0 Å². The second-order valence-corrected chi connectivity index (χ2v) is 5.28. The summed E-state index contributed by atoms with van der Waals surface area (Å²) in [7, 11) is 0. The minimum Gasteiger partial charge on any atom is -0.426 e. The maximum atomic E-state index is 12.9. The monoisotopic (exact) mass is 295 g/mol. The third-order valence-electron chi connectivity index (χ3n) is 3.73. The molecule has 2 aromatic rings. The van der Waals surface area contributed by atoms with Gasteiger partial charge < -0.3 is 9.64 Å². The molecule has 1 amide bonds. The number of esters is 1. The van der Waals surface area contributed by atoms with E-state index in [0.29, 0.717) is 17.9 Å². The summed E-state index contributed by atoms with van der Waals surface area (Å²) in [5, 5.41) is 0. The minimum absolute atomic E-state index is 0.135. The predicted octanol–water partition coefficient (Wildman–Crippen LogP) is 3.20. The number of nitrogens with zero attached hydrogens (tertiary/aromatic N) is 1. The van der Waals surface area contributed by atoms with E-state index in [2.05, 4.69) is 0 Å². The summed E-state index contributed by atoms with van der Waals surface area (Å²) < 4.78 is 5.16. The van der Waals surface area contributed by atoms with Crippen LogP contribution in [0.2, 0.25) is 0 Å². The first kappa shape index (κ1) is 14.3. The number of amides is 1. The van der Waals surface area contributed by atoms with E-state index in [4.69, 9.17) is 4.74 Å². The zero-order valence-corrected chi connectivity index (χ0v) is 12.4. The van der Waals surface area contributed by atoms with Crippen LogP contribution in [0.5, 0.6) is 5.75 Å². The lowest BCUT2D eigenvalue weighted by Gasteiger charge is -2.29. The molecule has 0 spiro atoms. The minimum atomic E-state index is -0.431. The fraction of sp³-hybridized carbons (Fsp3) is 0.222. The van der Waals surface area contributed by atoms with E-state index >= 15 is 0 Å². The molecule has 0 N–H and O–H groups in total. The van der Waals surface area contributed by atoms with Crippen LogP contribution in [0.3, 0.4) is 0 Å². The number of fused-ring (bicyclic) bond motifs is 1. The number of rotatable bonds is 2. The van der Waals surface area contributed by atoms with Gasteiger partial charge in [-0.05, 0) is 36.6 Å². The standard InChI is InChI=1S/C18H17NO3/c1-13(20)22-17-11-5-3-9-15(17)18(21)19-12-6-8-14-7-2-4-10-16(14)19/h2-5,7,9-11H,6,8,12H2,1H3. The van der Waals surface area contributed by atoms with Crippen molar-refractivity contribution >= 4 is 17.6 Å². The number of benzene rings is 2. The lowest BCUT2D eigenvalue weighted by molar-refractivity contribution is -0.131. The van der Waals surface area contributed by atoms with E-state index in [9.17, 15) is 9.59 Å². The topological polar surface area (TPSA) is 46.6 Å². The van der Waals surface area contributed by atoms with E-state index in [-0.39, 0.29) is 5.91 Å². The van der Waals surface area contributed by atoms with Gasteiger partial charge >= 0.3 is 5.97 Å². The average Bonchev–Trinajstić information content (AvgIpc) is 2.54. The molecule has 0 saturated heterocycles.